The van der Waals surface area contributed by atoms with Crippen LogP contribution in [0.2, 0.25) is 5.02 Å². The highest BCUT2D eigenvalue weighted by molar-refractivity contribution is 6.31. The zero-order valence-electron chi connectivity index (χ0n) is 13.1. The number of halogens is 3. The molecule has 21 heavy (non-hydrogen) atoms. The standard InChI is InChI=1S/C16H15ClF2.C2H6/c1-10-4-5-12(6-11(10)2)13-7-14(16(3,18)19)9-15(17)8-13;1-2/h4-9H,1-3H3;1-2H3. The van der Waals surface area contributed by atoms with Gasteiger partial charge >= 0.3 is 0 Å². The normalized spacial score (nSPS) is 10.9. The summed E-state index contributed by atoms with van der Waals surface area (Å²) in [4.78, 5) is 0. The molecule has 0 radical (unpaired) electrons. The number of benzene rings is 2. The van der Waals surface area contributed by atoms with Gasteiger partial charge in [0, 0.05) is 17.5 Å². The van der Waals surface area contributed by atoms with Crippen LogP contribution in [-0.4, -0.2) is 0 Å². The van der Waals surface area contributed by atoms with Crippen molar-refractivity contribution >= 4 is 11.6 Å². The van der Waals surface area contributed by atoms with Gasteiger partial charge in [-0.3, -0.25) is 0 Å². The molecule has 0 fully saturated rings. The number of alkyl halides is 2. The highest BCUT2D eigenvalue weighted by atomic mass is 35.5. The Morgan fingerprint density at radius 2 is 1.48 bits per heavy atom. The van der Waals surface area contributed by atoms with Crippen molar-refractivity contribution in [3.63, 3.8) is 0 Å². The van der Waals surface area contributed by atoms with Crippen LogP contribution in [0.5, 0.6) is 0 Å². The van der Waals surface area contributed by atoms with Crippen molar-refractivity contribution in [2.75, 3.05) is 0 Å². The van der Waals surface area contributed by atoms with Crippen LogP contribution in [0.1, 0.15) is 37.5 Å². The molecule has 0 amide bonds. The van der Waals surface area contributed by atoms with Gasteiger partial charge in [-0.05, 0) is 54.3 Å². The van der Waals surface area contributed by atoms with Crippen molar-refractivity contribution in [2.45, 2.75) is 40.5 Å². The first-order valence-corrected chi connectivity index (χ1v) is 7.41. The van der Waals surface area contributed by atoms with E-state index in [2.05, 4.69) is 0 Å². The minimum absolute atomic E-state index is 0.0618. The van der Waals surface area contributed by atoms with Gasteiger partial charge in [-0.15, -0.1) is 0 Å². The third kappa shape index (κ3) is 4.53. The van der Waals surface area contributed by atoms with E-state index >= 15 is 0 Å². The second kappa shape index (κ2) is 7.04. The average molecular weight is 311 g/mol. The van der Waals surface area contributed by atoms with E-state index in [4.69, 9.17) is 11.6 Å². The van der Waals surface area contributed by atoms with Gasteiger partial charge in [0.2, 0.25) is 0 Å². The monoisotopic (exact) mass is 310 g/mol. The predicted molar refractivity (Wildman–Crippen MR) is 87.3 cm³/mol. The second-order valence-electron chi connectivity index (χ2n) is 4.92. The highest BCUT2D eigenvalue weighted by Crippen LogP contribution is 2.33. The Morgan fingerprint density at radius 1 is 0.857 bits per heavy atom. The number of aryl methyl sites for hydroxylation is 2. The summed E-state index contributed by atoms with van der Waals surface area (Å²) in [6.07, 6.45) is 0. The lowest BCUT2D eigenvalue weighted by molar-refractivity contribution is 0.0175. The van der Waals surface area contributed by atoms with E-state index < -0.39 is 5.92 Å². The Hall–Kier alpha value is -1.41. The molecule has 0 heterocycles. The van der Waals surface area contributed by atoms with Gasteiger partial charge < -0.3 is 0 Å². The van der Waals surface area contributed by atoms with E-state index in [1.807, 2.05) is 45.9 Å². The van der Waals surface area contributed by atoms with Crippen LogP contribution in [0.25, 0.3) is 11.1 Å². The predicted octanol–water partition coefficient (Wildman–Crippen LogP) is 6.76. The quantitative estimate of drug-likeness (QED) is 0.574. The average Bonchev–Trinajstić information content (AvgIpc) is 2.42. The molecule has 0 bridgehead atoms. The first-order valence-electron chi connectivity index (χ1n) is 7.04. The van der Waals surface area contributed by atoms with Crippen molar-refractivity contribution in [2.24, 2.45) is 0 Å². The molecule has 0 spiro atoms. The Morgan fingerprint density at radius 3 is 2.00 bits per heavy atom. The Kier molecular flexibility index (Phi) is 5.91. The summed E-state index contributed by atoms with van der Waals surface area (Å²) in [5.41, 5.74) is 3.85. The Labute approximate surface area is 130 Å². The van der Waals surface area contributed by atoms with Gasteiger partial charge in [-0.2, -0.15) is 0 Å². The summed E-state index contributed by atoms with van der Waals surface area (Å²) < 4.78 is 26.8. The molecule has 0 aromatic heterocycles. The SMILES string of the molecule is CC.Cc1ccc(-c2cc(Cl)cc(C(C)(F)F)c2)cc1C. The van der Waals surface area contributed by atoms with E-state index in [1.165, 1.54) is 17.7 Å². The fourth-order valence-corrected chi connectivity index (χ4v) is 2.17. The van der Waals surface area contributed by atoms with Crippen LogP contribution in [0.4, 0.5) is 8.78 Å². The van der Waals surface area contributed by atoms with Crippen molar-refractivity contribution in [1.29, 1.82) is 0 Å². The maximum Gasteiger partial charge on any atom is 0.270 e. The molecule has 0 atom stereocenters. The van der Waals surface area contributed by atoms with Crippen LogP contribution in [-0.2, 0) is 5.92 Å². The molecule has 114 valence electrons. The van der Waals surface area contributed by atoms with Crippen molar-refractivity contribution in [3.8, 4) is 11.1 Å². The van der Waals surface area contributed by atoms with Gasteiger partial charge in [0.1, 0.15) is 0 Å². The summed E-state index contributed by atoms with van der Waals surface area (Å²) in [6, 6.07) is 10.4. The molecule has 2 aromatic carbocycles. The molecule has 0 aliphatic heterocycles. The molecule has 0 saturated carbocycles. The highest BCUT2D eigenvalue weighted by Gasteiger charge is 2.25. The lowest BCUT2D eigenvalue weighted by Gasteiger charge is -2.13. The molecule has 0 nitrogen and oxygen atoms in total. The summed E-state index contributed by atoms with van der Waals surface area (Å²) in [7, 11) is 0. The van der Waals surface area contributed by atoms with Gasteiger partial charge in [0.25, 0.3) is 5.92 Å². The van der Waals surface area contributed by atoms with E-state index in [0.717, 1.165) is 18.1 Å². The summed E-state index contributed by atoms with van der Waals surface area (Å²) in [5.74, 6) is -2.89. The van der Waals surface area contributed by atoms with Gasteiger partial charge in [-0.25, -0.2) is 8.78 Å². The van der Waals surface area contributed by atoms with Crippen molar-refractivity contribution in [1.82, 2.24) is 0 Å². The Bertz CT molecular complexity index is 613. The fourth-order valence-electron chi connectivity index (χ4n) is 1.93. The molecular formula is C18H21ClF2. The van der Waals surface area contributed by atoms with Gasteiger partial charge in [-0.1, -0.05) is 43.6 Å². The molecule has 0 unspecified atom stereocenters. The van der Waals surface area contributed by atoms with Crippen LogP contribution < -0.4 is 0 Å². The number of hydrogen-bond acceptors (Lipinski definition) is 0. The lowest BCUT2D eigenvalue weighted by atomic mass is 9.98. The molecule has 2 rings (SSSR count). The van der Waals surface area contributed by atoms with Crippen LogP contribution >= 0.6 is 11.6 Å². The summed E-state index contributed by atoms with van der Waals surface area (Å²) in [5, 5.41) is 0.326. The maximum atomic E-state index is 13.4. The minimum Gasteiger partial charge on any atom is -0.202 e. The third-order valence-electron chi connectivity index (χ3n) is 3.24. The van der Waals surface area contributed by atoms with Crippen molar-refractivity contribution < 1.29 is 8.78 Å². The van der Waals surface area contributed by atoms with Crippen LogP contribution in [0, 0.1) is 13.8 Å². The molecular weight excluding hydrogens is 290 g/mol. The lowest BCUT2D eigenvalue weighted by Crippen LogP contribution is -2.06. The fraction of sp³-hybridized carbons (Fsp3) is 0.333. The maximum absolute atomic E-state index is 13.4. The first kappa shape index (κ1) is 17.6. The van der Waals surface area contributed by atoms with E-state index in [0.29, 0.717) is 10.6 Å². The molecule has 0 saturated heterocycles. The zero-order chi connectivity index (χ0) is 16.2. The number of hydrogen-bond donors (Lipinski definition) is 0. The largest absolute Gasteiger partial charge is 0.270 e. The van der Waals surface area contributed by atoms with Crippen LogP contribution in [0.15, 0.2) is 36.4 Å². The summed E-state index contributed by atoms with van der Waals surface area (Å²) in [6.45, 7) is 8.89. The molecule has 3 heteroatoms. The molecule has 0 aliphatic carbocycles. The molecule has 0 aliphatic rings. The Balaban J connectivity index is 0.00000106. The number of rotatable bonds is 2. The first-order chi connectivity index (χ1) is 9.77. The van der Waals surface area contributed by atoms with E-state index in [1.54, 1.807) is 6.07 Å². The van der Waals surface area contributed by atoms with Gasteiger partial charge in [0.05, 0.1) is 0 Å². The van der Waals surface area contributed by atoms with Crippen LogP contribution in [0.3, 0.4) is 0 Å². The van der Waals surface area contributed by atoms with Crippen molar-refractivity contribution in [3.05, 3.63) is 58.1 Å². The zero-order valence-corrected chi connectivity index (χ0v) is 13.9. The third-order valence-corrected chi connectivity index (χ3v) is 3.46. The summed E-state index contributed by atoms with van der Waals surface area (Å²) >= 11 is 5.94. The van der Waals surface area contributed by atoms with Gasteiger partial charge in [0.15, 0.2) is 0 Å². The minimum atomic E-state index is -2.89. The second-order valence-corrected chi connectivity index (χ2v) is 5.35. The smallest absolute Gasteiger partial charge is 0.202 e. The van der Waals surface area contributed by atoms with E-state index in [9.17, 15) is 8.78 Å². The van der Waals surface area contributed by atoms with E-state index in [-0.39, 0.29) is 5.56 Å². The molecule has 2 aromatic rings. The molecule has 0 N–H and O–H groups in total. The topological polar surface area (TPSA) is 0 Å².